The Kier molecular flexibility index (Phi) is 4.55. The number of esters is 1. The lowest BCUT2D eigenvalue weighted by Crippen LogP contribution is -2.44. The highest BCUT2D eigenvalue weighted by Gasteiger charge is 2.29. The van der Waals surface area contributed by atoms with E-state index in [1.165, 1.54) is 7.11 Å². The number of hydrogen-bond acceptors (Lipinski definition) is 3. The Morgan fingerprint density at radius 1 is 1.26 bits per heavy atom. The van der Waals surface area contributed by atoms with Crippen molar-refractivity contribution >= 4 is 11.9 Å². The zero-order valence-corrected chi connectivity index (χ0v) is 11.2. The largest absolute Gasteiger partial charge is 0.469 e. The summed E-state index contributed by atoms with van der Waals surface area (Å²) in [5.74, 6) is -0.244. The molecule has 4 nitrogen and oxygen atoms in total. The summed E-state index contributed by atoms with van der Waals surface area (Å²) in [5.41, 5.74) is 0.680. The van der Waals surface area contributed by atoms with E-state index in [1.54, 1.807) is 0 Å². The van der Waals surface area contributed by atoms with E-state index in [-0.39, 0.29) is 24.3 Å². The van der Waals surface area contributed by atoms with Crippen molar-refractivity contribution in [3.05, 3.63) is 35.9 Å². The Bertz CT molecular complexity index is 444. The van der Waals surface area contributed by atoms with Crippen LogP contribution in [0.2, 0.25) is 0 Å². The fourth-order valence-electron chi connectivity index (χ4n) is 2.50. The van der Waals surface area contributed by atoms with E-state index in [0.29, 0.717) is 5.56 Å². The van der Waals surface area contributed by atoms with Crippen LogP contribution < -0.4 is 0 Å². The summed E-state index contributed by atoms with van der Waals surface area (Å²) in [6, 6.07) is 9.19. The van der Waals surface area contributed by atoms with Gasteiger partial charge in [0.1, 0.15) is 0 Å². The van der Waals surface area contributed by atoms with Crippen molar-refractivity contribution in [1.82, 2.24) is 4.90 Å². The molecule has 1 saturated heterocycles. The third-order valence-corrected chi connectivity index (χ3v) is 3.54. The van der Waals surface area contributed by atoms with Gasteiger partial charge in [-0.15, -0.1) is 0 Å². The van der Waals surface area contributed by atoms with Gasteiger partial charge < -0.3 is 9.64 Å². The third kappa shape index (κ3) is 3.34. The standard InChI is InChI=1S/C15H19NO3/c1-19-14(17)11-13-9-5-6-10-16(13)15(18)12-7-3-2-4-8-12/h2-4,7-8,13H,5-6,9-11H2,1H3/t13-/m1/s1. The summed E-state index contributed by atoms with van der Waals surface area (Å²) in [7, 11) is 1.38. The average Bonchev–Trinajstić information content (AvgIpc) is 2.48. The van der Waals surface area contributed by atoms with Crippen LogP contribution in [0.5, 0.6) is 0 Å². The van der Waals surface area contributed by atoms with Crippen LogP contribution in [0.15, 0.2) is 30.3 Å². The molecule has 1 atom stereocenters. The minimum Gasteiger partial charge on any atom is -0.469 e. The van der Waals surface area contributed by atoms with Crippen LogP contribution in [0.3, 0.4) is 0 Å². The van der Waals surface area contributed by atoms with E-state index in [0.717, 1.165) is 25.8 Å². The molecule has 0 radical (unpaired) electrons. The molecule has 1 amide bonds. The Morgan fingerprint density at radius 2 is 2.00 bits per heavy atom. The number of rotatable bonds is 3. The predicted molar refractivity (Wildman–Crippen MR) is 71.8 cm³/mol. The number of amides is 1. The molecule has 1 aromatic rings. The number of likely N-dealkylation sites (tertiary alicyclic amines) is 1. The maximum atomic E-state index is 12.5. The van der Waals surface area contributed by atoms with Gasteiger partial charge in [0.25, 0.3) is 5.91 Å². The topological polar surface area (TPSA) is 46.6 Å². The van der Waals surface area contributed by atoms with Gasteiger partial charge in [-0.1, -0.05) is 18.2 Å². The second-order valence-corrected chi connectivity index (χ2v) is 4.79. The zero-order valence-electron chi connectivity index (χ0n) is 11.2. The Morgan fingerprint density at radius 3 is 2.68 bits per heavy atom. The first-order valence-corrected chi connectivity index (χ1v) is 6.65. The minimum absolute atomic E-state index is 0.00852. The van der Waals surface area contributed by atoms with E-state index in [2.05, 4.69) is 0 Å². The Hall–Kier alpha value is -1.84. The van der Waals surface area contributed by atoms with Crippen molar-refractivity contribution < 1.29 is 14.3 Å². The van der Waals surface area contributed by atoms with Crippen LogP contribution in [0.4, 0.5) is 0 Å². The third-order valence-electron chi connectivity index (χ3n) is 3.54. The molecule has 1 fully saturated rings. The lowest BCUT2D eigenvalue weighted by molar-refractivity contribution is -0.142. The molecule has 0 N–H and O–H groups in total. The van der Waals surface area contributed by atoms with Crippen molar-refractivity contribution in [2.75, 3.05) is 13.7 Å². The number of carbonyl (C=O) groups excluding carboxylic acids is 2. The fourth-order valence-corrected chi connectivity index (χ4v) is 2.50. The van der Waals surface area contributed by atoms with Gasteiger partial charge in [-0.05, 0) is 31.4 Å². The van der Waals surface area contributed by atoms with E-state index in [1.807, 2.05) is 35.2 Å². The maximum absolute atomic E-state index is 12.5. The molecular weight excluding hydrogens is 242 g/mol. The zero-order chi connectivity index (χ0) is 13.7. The molecule has 0 spiro atoms. The first-order chi connectivity index (χ1) is 9.22. The summed E-state index contributed by atoms with van der Waals surface area (Å²) in [5, 5.41) is 0. The molecule has 1 heterocycles. The fraction of sp³-hybridized carbons (Fsp3) is 0.467. The summed E-state index contributed by atoms with van der Waals surface area (Å²) < 4.78 is 4.71. The highest BCUT2D eigenvalue weighted by Crippen LogP contribution is 2.22. The van der Waals surface area contributed by atoms with Gasteiger partial charge in [0.05, 0.1) is 13.5 Å². The molecule has 2 rings (SSSR count). The average molecular weight is 261 g/mol. The molecule has 0 unspecified atom stereocenters. The second-order valence-electron chi connectivity index (χ2n) is 4.79. The monoisotopic (exact) mass is 261 g/mol. The molecular formula is C15H19NO3. The normalized spacial score (nSPS) is 19.0. The second kappa shape index (κ2) is 6.36. The van der Waals surface area contributed by atoms with Crippen LogP contribution in [0.1, 0.15) is 36.0 Å². The van der Waals surface area contributed by atoms with Gasteiger partial charge >= 0.3 is 5.97 Å². The number of hydrogen-bond donors (Lipinski definition) is 0. The van der Waals surface area contributed by atoms with E-state index >= 15 is 0 Å². The molecule has 0 saturated carbocycles. The van der Waals surface area contributed by atoms with Crippen LogP contribution in [-0.4, -0.2) is 36.5 Å². The van der Waals surface area contributed by atoms with Crippen LogP contribution >= 0.6 is 0 Å². The van der Waals surface area contributed by atoms with Crippen LogP contribution in [0, 0.1) is 0 Å². The molecule has 1 aliphatic heterocycles. The summed E-state index contributed by atoms with van der Waals surface area (Å²) in [6.07, 6.45) is 3.21. The number of carbonyl (C=O) groups is 2. The van der Waals surface area contributed by atoms with Crippen molar-refractivity contribution in [2.45, 2.75) is 31.7 Å². The minimum atomic E-state index is -0.252. The van der Waals surface area contributed by atoms with Gasteiger partial charge in [-0.3, -0.25) is 9.59 Å². The molecule has 4 heteroatoms. The smallest absolute Gasteiger partial charge is 0.307 e. The van der Waals surface area contributed by atoms with Crippen molar-refractivity contribution in [2.24, 2.45) is 0 Å². The molecule has 1 aliphatic rings. The van der Waals surface area contributed by atoms with Crippen LogP contribution in [-0.2, 0) is 9.53 Å². The predicted octanol–water partition coefficient (Wildman–Crippen LogP) is 2.24. The number of piperidine rings is 1. The molecule has 102 valence electrons. The molecule has 19 heavy (non-hydrogen) atoms. The lowest BCUT2D eigenvalue weighted by atomic mass is 9.98. The first kappa shape index (κ1) is 13.6. The summed E-state index contributed by atoms with van der Waals surface area (Å²) in [4.78, 5) is 25.7. The van der Waals surface area contributed by atoms with Crippen LogP contribution in [0.25, 0.3) is 0 Å². The first-order valence-electron chi connectivity index (χ1n) is 6.65. The molecule has 0 aliphatic carbocycles. The van der Waals surface area contributed by atoms with Gasteiger partial charge in [-0.2, -0.15) is 0 Å². The quantitative estimate of drug-likeness (QED) is 0.784. The Balaban J connectivity index is 2.11. The van der Waals surface area contributed by atoms with Crippen molar-refractivity contribution in [3.8, 4) is 0 Å². The molecule has 1 aromatic carbocycles. The van der Waals surface area contributed by atoms with E-state index in [4.69, 9.17) is 4.74 Å². The maximum Gasteiger partial charge on any atom is 0.307 e. The van der Waals surface area contributed by atoms with Gasteiger partial charge in [0, 0.05) is 18.2 Å². The molecule has 0 aromatic heterocycles. The van der Waals surface area contributed by atoms with E-state index in [9.17, 15) is 9.59 Å². The number of methoxy groups -OCH3 is 1. The number of benzene rings is 1. The van der Waals surface area contributed by atoms with Crippen molar-refractivity contribution in [3.63, 3.8) is 0 Å². The highest BCUT2D eigenvalue weighted by atomic mass is 16.5. The van der Waals surface area contributed by atoms with Gasteiger partial charge in [0.2, 0.25) is 0 Å². The SMILES string of the molecule is COC(=O)C[C@H]1CCCCN1C(=O)c1ccccc1. The summed E-state index contributed by atoms with van der Waals surface area (Å²) in [6.45, 7) is 0.718. The number of ether oxygens (including phenoxy) is 1. The van der Waals surface area contributed by atoms with Gasteiger partial charge in [-0.25, -0.2) is 0 Å². The lowest BCUT2D eigenvalue weighted by Gasteiger charge is -2.35. The highest BCUT2D eigenvalue weighted by molar-refractivity contribution is 5.94. The van der Waals surface area contributed by atoms with Crippen molar-refractivity contribution in [1.29, 1.82) is 0 Å². The number of nitrogens with zero attached hydrogens (tertiary/aromatic N) is 1. The Labute approximate surface area is 113 Å². The van der Waals surface area contributed by atoms with Gasteiger partial charge in [0.15, 0.2) is 0 Å². The van der Waals surface area contributed by atoms with E-state index < -0.39 is 0 Å². The molecule has 0 bridgehead atoms. The summed E-state index contributed by atoms with van der Waals surface area (Å²) >= 11 is 0.